The summed E-state index contributed by atoms with van der Waals surface area (Å²) in [6, 6.07) is 23.4. The monoisotopic (exact) mass is 745 g/mol. The summed E-state index contributed by atoms with van der Waals surface area (Å²) in [7, 11) is -1.56. The Morgan fingerprint density at radius 3 is 2.14 bits per heavy atom. The third-order valence-electron chi connectivity index (χ3n) is 7.79. The third kappa shape index (κ3) is 9.82. The Morgan fingerprint density at radius 2 is 1.51 bits per heavy atom. The fourth-order valence-corrected chi connectivity index (χ4v) is 7.16. The smallest absolute Gasteiger partial charge is 0.264 e. The largest absolute Gasteiger partial charge is 0.493 e. The molecule has 0 saturated heterocycles. The molecule has 0 spiro atoms. The van der Waals surface area contributed by atoms with E-state index in [1.54, 1.807) is 18.2 Å². The van der Waals surface area contributed by atoms with Gasteiger partial charge in [-0.15, -0.1) is 0 Å². The Kier molecular flexibility index (Phi) is 13.6. The van der Waals surface area contributed by atoms with E-state index >= 15 is 0 Å². The second-order valence-electron chi connectivity index (χ2n) is 11.1. The zero-order valence-corrected chi connectivity index (χ0v) is 30.5. The highest BCUT2D eigenvalue weighted by Gasteiger charge is 2.35. The average Bonchev–Trinajstić information content (AvgIpc) is 3.10. The zero-order chi connectivity index (χ0) is 35.6. The molecule has 1 atom stereocenters. The lowest BCUT2D eigenvalue weighted by Crippen LogP contribution is -2.53. The lowest BCUT2D eigenvalue weighted by atomic mass is 10.0. The summed E-state index contributed by atoms with van der Waals surface area (Å²) in [5, 5.41) is 4.04. The number of carbonyl (C=O) groups is 2. The first kappa shape index (κ1) is 37.9. The van der Waals surface area contributed by atoms with E-state index in [1.807, 2.05) is 37.3 Å². The van der Waals surface area contributed by atoms with Gasteiger partial charge in [0.1, 0.15) is 12.6 Å². The van der Waals surface area contributed by atoms with Gasteiger partial charge >= 0.3 is 0 Å². The molecule has 0 unspecified atom stereocenters. The van der Waals surface area contributed by atoms with Crippen LogP contribution in [0.25, 0.3) is 0 Å². The molecule has 2 amide bonds. The fraction of sp³-hybridized carbons (Fsp3) is 0.278. The number of hydrogen-bond acceptors (Lipinski definition) is 6. The molecule has 4 aromatic carbocycles. The van der Waals surface area contributed by atoms with Gasteiger partial charge in [0.15, 0.2) is 11.5 Å². The minimum atomic E-state index is -4.40. The number of halogens is 3. The third-order valence-corrected chi connectivity index (χ3v) is 10.4. The van der Waals surface area contributed by atoms with E-state index in [4.69, 9.17) is 44.3 Å². The van der Waals surface area contributed by atoms with Gasteiger partial charge in [-0.3, -0.25) is 13.9 Å². The molecule has 49 heavy (non-hydrogen) atoms. The van der Waals surface area contributed by atoms with Crippen LogP contribution < -0.4 is 19.1 Å². The van der Waals surface area contributed by atoms with Crippen molar-refractivity contribution in [3.8, 4) is 11.5 Å². The van der Waals surface area contributed by atoms with E-state index in [1.165, 1.54) is 61.6 Å². The number of nitrogens with one attached hydrogen (secondary N) is 1. The van der Waals surface area contributed by atoms with E-state index in [0.717, 1.165) is 22.7 Å². The van der Waals surface area contributed by atoms with Crippen LogP contribution in [0.5, 0.6) is 11.5 Å². The number of anilines is 1. The Bertz CT molecular complexity index is 1840. The first-order valence-corrected chi connectivity index (χ1v) is 18.1. The van der Waals surface area contributed by atoms with E-state index < -0.39 is 28.5 Å². The molecule has 4 aromatic rings. The van der Waals surface area contributed by atoms with Gasteiger partial charge < -0.3 is 19.7 Å². The van der Waals surface area contributed by atoms with Crippen molar-refractivity contribution in [1.82, 2.24) is 10.2 Å². The number of carbonyl (C=O) groups excluding carboxylic acids is 2. The Labute approximate surface area is 302 Å². The first-order valence-electron chi connectivity index (χ1n) is 15.5. The van der Waals surface area contributed by atoms with E-state index in [9.17, 15) is 18.0 Å². The number of amides is 2. The maximum Gasteiger partial charge on any atom is 0.264 e. The number of unbranched alkanes of at least 4 members (excludes halogenated alkanes) is 1. The summed E-state index contributed by atoms with van der Waals surface area (Å²) in [6.45, 7) is 1.67. The molecule has 0 bridgehead atoms. The number of rotatable bonds is 16. The maximum atomic E-state index is 14.6. The van der Waals surface area contributed by atoms with Crippen molar-refractivity contribution in [2.75, 3.05) is 31.6 Å². The quantitative estimate of drug-likeness (QED) is 0.120. The summed E-state index contributed by atoms with van der Waals surface area (Å²) in [5.41, 5.74) is 1.52. The molecule has 0 aliphatic heterocycles. The molecule has 0 heterocycles. The Hall–Kier alpha value is -3.96. The van der Waals surface area contributed by atoms with Crippen LogP contribution in [0.1, 0.15) is 30.9 Å². The number of sulfonamides is 1. The average molecular weight is 747 g/mol. The standard InChI is InChI=1S/C36H38Cl3N3O6S/c1-4-5-19-40-36(44)32(20-25-9-7-6-8-10-25)41(23-26-11-12-28(38)21-31(26)39)35(43)24-42(29-15-13-27(37)14-16-29)49(45,46)30-17-18-33(47-2)34(22-30)48-3/h6-18,21-22,32H,4-5,19-20,23-24H2,1-3H3,(H,40,44)/t32-/m1/s1. The first-order chi connectivity index (χ1) is 23.5. The van der Waals surface area contributed by atoms with Gasteiger partial charge in [0.25, 0.3) is 10.0 Å². The maximum absolute atomic E-state index is 14.6. The van der Waals surface area contributed by atoms with Gasteiger partial charge in [-0.25, -0.2) is 8.42 Å². The molecule has 9 nitrogen and oxygen atoms in total. The highest BCUT2D eigenvalue weighted by molar-refractivity contribution is 7.92. The summed E-state index contributed by atoms with van der Waals surface area (Å²) < 4.78 is 40.4. The van der Waals surface area contributed by atoms with Crippen LogP contribution in [0.2, 0.25) is 15.1 Å². The van der Waals surface area contributed by atoms with Gasteiger partial charge in [0.2, 0.25) is 11.8 Å². The second kappa shape index (κ2) is 17.6. The lowest BCUT2D eigenvalue weighted by Gasteiger charge is -2.34. The van der Waals surface area contributed by atoms with Crippen molar-refractivity contribution in [3.63, 3.8) is 0 Å². The molecule has 0 saturated carbocycles. The van der Waals surface area contributed by atoms with Crippen LogP contribution in [-0.4, -0.2) is 58.5 Å². The highest BCUT2D eigenvalue weighted by Crippen LogP contribution is 2.33. The summed E-state index contributed by atoms with van der Waals surface area (Å²) in [5.74, 6) is -0.496. The van der Waals surface area contributed by atoms with E-state index in [2.05, 4.69) is 5.32 Å². The van der Waals surface area contributed by atoms with Crippen LogP contribution in [-0.2, 0) is 32.6 Å². The van der Waals surface area contributed by atoms with Crippen molar-refractivity contribution in [2.45, 2.75) is 43.7 Å². The highest BCUT2D eigenvalue weighted by atomic mass is 35.5. The number of benzene rings is 4. The molecule has 260 valence electrons. The minimum Gasteiger partial charge on any atom is -0.493 e. The second-order valence-corrected chi connectivity index (χ2v) is 14.3. The van der Waals surface area contributed by atoms with E-state index in [0.29, 0.717) is 32.9 Å². The topological polar surface area (TPSA) is 105 Å². The number of methoxy groups -OCH3 is 2. The summed E-state index contributed by atoms with van der Waals surface area (Å²) in [6.07, 6.45) is 1.77. The fourth-order valence-electron chi connectivity index (χ4n) is 5.13. The van der Waals surface area contributed by atoms with Crippen LogP contribution in [0.15, 0.2) is 95.9 Å². The molecule has 0 radical (unpaired) electrons. The molecule has 1 N–H and O–H groups in total. The molecular weight excluding hydrogens is 709 g/mol. The van der Waals surface area contributed by atoms with Gasteiger partial charge in [0.05, 0.1) is 24.8 Å². The molecule has 0 aromatic heterocycles. The van der Waals surface area contributed by atoms with Gasteiger partial charge in [-0.1, -0.05) is 84.5 Å². The predicted octanol–water partition coefficient (Wildman–Crippen LogP) is 7.42. The molecule has 4 rings (SSSR count). The van der Waals surface area contributed by atoms with Gasteiger partial charge in [-0.05, 0) is 66.1 Å². The van der Waals surface area contributed by atoms with Crippen molar-refractivity contribution >= 4 is 62.3 Å². The van der Waals surface area contributed by atoms with Crippen molar-refractivity contribution in [2.24, 2.45) is 0 Å². The zero-order valence-electron chi connectivity index (χ0n) is 27.4. The van der Waals surface area contributed by atoms with Crippen LogP contribution in [0.3, 0.4) is 0 Å². The summed E-state index contributed by atoms with van der Waals surface area (Å²) in [4.78, 5) is 29.8. The van der Waals surface area contributed by atoms with Crippen molar-refractivity contribution in [3.05, 3.63) is 117 Å². The predicted molar refractivity (Wildman–Crippen MR) is 194 cm³/mol. The number of hydrogen-bond donors (Lipinski definition) is 1. The normalized spacial score (nSPS) is 11.8. The molecule has 13 heteroatoms. The number of nitrogens with zero attached hydrogens (tertiary/aromatic N) is 2. The molecule has 0 fully saturated rings. The van der Waals surface area contributed by atoms with Crippen molar-refractivity contribution < 1.29 is 27.5 Å². The van der Waals surface area contributed by atoms with Crippen LogP contribution >= 0.6 is 34.8 Å². The summed E-state index contributed by atoms with van der Waals surface area (Å²) >= 11 is 18.9. The van der Waals surface area contributed by atoms with Gasteiger partial charge in [0, 0.05) is 40.6 Å². The van der Waals surface area contributed by atoms with E-state index in [-0.39, 0.29) is 35.2 Å². The minimum absolute atomic E-state index is 0.0988. The number of ether oxygens (including phenoxy) is 2. The SMILES string of the molecule is CCCCNC(=O)[C@@H](Cc1ccccc1)N(Cc1ccc(Cl)cc1Cl)C(=O)CN(c1ccc(Cl)cc1)S(=O)(=O)c1ccc(OC)c(OC)c1. The molecule has 0 aliphatic carbocycles. The van der Waals surface area contributed by atoms with Gasteiger partial charge in [-0.2, -0.15) is 0 Å². The van der Waals surface area contributed by atoms with Crippen molar-refractivity contribution in [1.29, 1.82) is 0 Å². The lowest BCUT2D eigenvalue weighted by molar-refractivity contribution is -0.140. The molecule has 0 aliphatic rings. The molecular formula is C36H38Cl3N3O6S. The Morgan fingerprint density at radius 1 is 0.837 bits per heavy atom. The van der Waals surface area contributed by atoms with Crippen LogP contribution in [0.4, 0.5) is 5.69 Å². The Balaban J connectivity index is 1.83. The van der Waals surface area contributed by atoms with Crippen LogP contribution in [0, 0.1) is 0 Å².